The Morgan fingerprint density at radius 3 is 2.74 bits per heavy atom. The Balaban J connectivity index is 1.78. The fraction of sp³-hybridized carbons (Fsp3) is 0.857. The van der Waals surface area contributed by atoms with Crippen molar-refractivity contribution >= 4 is 12.0 Å². The van der Waals surface area contributed by atoms with Crippen LogP contribution in [0.25, 0.3) is 0 Å². The lowest BCUT2D eigenvalue weighted by atomic mass is 9.87. The number of nitrogens with zero attached hydrogens (tertiary/aromatic N) is 1. The maximum Gasteiger partial charge on any atom is 0.410 e. The van der Waals surface area contributed by atoms with Crippen molar-refractivity contribution < 1.29 is 14.3 Å². The Hall–Kier alpha value is -1.26. The van der Waals surface area contributed by atoms with Crippen molar-refractivity contribution in [2.75, 3.05) is 6.54 Å². The van der Waals surface area contributed by atoms with Gasteiger partial charge < -0.3 is 15.0 Å². The van der Waals surface area contributed by atoms with Gasteiger partial charge in [-0.2, -0.15) is 0 Å². The molecule has 1 unspecified atom stereocenters. The summed E-state index contributed by atoms with van der Waals surface area (Å²) in [5, 5.41) is 3.15. The third kappa shape index (κ3) is 1.90. The molecule has 2 heterocycles. The van der Waals surface area contributed by atoms with Crippen molar-refractivity contribution in [3.63, 3.8) is 0 Å². The van der Waals surface area contributed by atoms with Gasteiger partial charge in [-0.3, -0.25) is 4.79 Å². The molecule has 5 heteroatoms. The minimum Gasteiger partial charge on any atom is -0.444 e. The van der Waals surface area contributed by atoms with Crippen LogP contribution in [0.5, 0.6) is 0 Å². The zero-order chi connectivity index (χ0) is 13.8. The number of nitrogens with one attached hydrogen (secondary N) is 1. The largest absolute Gasteiger partial charge is 0.444 e. The minimum atomic E-state index is -0.467. The van der Waals surface area contributed by atoms with Crippen LogP contribution in [0.1, 0.15) is 46.5 Å². The summed E-state index contributed by atoms with van der Waals surface area (Å²) in [5.41, 5.74) is -0.626. The molecule has 0 aromatic heterocycles. The number of hydrogen-bond donors (Lipinski definition) is 1. The second-order valence-electron chi connectivity index (χ2n) is 7.01. The Morgan fingerprint density at radius 1 is 1.42 bits per heavy atom. The van der Waals surface area contributed by atoms with E-state index in [2.05, 4.69) is 5.32 Å². The van der Waals surface area contributed by atoms with Crippen LogP contribution in [0.3, 0.4) is 0 Å². The average Bonchev–Trinajstić information content (AvgIpc) is 2.92. The van der Waals surface area contributed by atoms with Crippen molar-refractivity contribution in [1.29, 1.82) is 0 Å². The SMILES string of the molecule is CC(C)(C)OC(=O)N1C[C@H]2CCC1[C@]21CCC(=O)N1. The fourth-order valence-corrected chi connectivity index (χ4v) is 3.98. The first kappa shape index (κ1) is 12.8. The van der Waals surface area contributed by atoms with Crippen LogP contribution >= 0.6 is 0 Å². The zero-order valence-corrected chi connectivity index (χ0v) is 11.9. The molecular weight excluding hydrogens is 244 g/mol. The summed E-state index contributed by atoms with van der Waals surface area (Å²) in [4.78, 5) is 25.7. The van der Waals surface area contributed by atoms with E-state index in [1.807, 2.05) is 25.7 Å². The molecule has 2 aliphatic heterocycles. The van der Waals surface area contributed by atoms with Gasteiger partial charge in [0.2, 0.25) is 5.91 Å². The Labute approximate surface area is 113 Å². The minimum absolute atomic E-state index is 0.124. The van der Waals surface area contributed by atoms with E-state index in [1.54, 1.807) is 0 Å². The highest BCUT2D eigenvalue weighted by Crippen LogP contribution is 2.50. The lowest BCUT2D eigenvalue weighted by molar-refractivity contribution is -0.120. The summed E-state index contributed by atoms with van der Waals surface area (Å²) in [5.74, 6) is 0.527. The molecule has 1 aliphatic carbocycles. The molecule has 0 aromatic carbocycles. The second kappa shape index (κ2) is 3.87. The molecule has 19 heavy (non-hydrogen) atoms. The van der Waals surface area contributed by atoms with Crippen LogP contribution in [0.2, 0.25) is 0 Å². The van der Waals surface area contributed by atoms with Crippen LogP contribution in [0.4, 0.5) is 4.79 Å². The summed E-state index contributed by atoms with van der Waals surface area (Å²) in [6.07, 6.45) is 3.30. The number of ether oxygens (including phenoxy) is 1. The van der Waals surface area contributed by atoms with Gasteiger partial charge in [-0.1, -0.05) is 0 Å². The van der Waals surface area contributed by atoms with Gasteiger partial charge in [0.1, 0.15) is 5.60 Å². The standard InChI is InChI=1S/C14H22N2O3/c1-13(2,3)19-12(18)16-8-9-4-5-10(16)14(9)7-6-11(17)15-14/h9-10H,4-8H2,1-3H3,(H,15,17)/t9-,10?,14+/m1/s1. The third-order valence-electron chi connectivity index (χ3n) is 4.67. The van der Waals surface area contributed by atoms with Crippen LogP contribution in [0, 0.1) is 5.92 Å². The quantitative estimate of drug-likeness (QED) is 0.725. The number of hydrogen-bond acceptors (Lipinski definition) is 3. The number of carbonyl (C=O) groups is 2. The van der Waals surface area contributed by atoms with Crippen LogP contribution < -0.4 is 5.32 Å². The van der Waals surface area contributed by atoms with Gasteiger partial charge in [0, 0.05) is 18.9 Å². The summed E-state index contributed by atoms with van der Waals surface area (Å²) in [6.45, 7) is 6.37. The number of likely N-dealkylation sites (tertiary alicyclic amines) is 1. The normalized spacial score (nSPS) is 37.0. The molecule has 1 saturated carbocycles. The van der Waals surface area contributed by atoms with Crippen molar-refractivity contribution in [2.45, 2.75) is 63.6 Å². The highest BCUT2D eigenvalue weighted by Gasteiger charge is 2.62. The topological polar surface area (TPSA) is 58.6 Å². The van der Waals surface area contributed by atoms with E-state index in [4.69, 9.17) is 4.74 Å². The maximum absolute atomic E-state index is 12.3. The van der Waals surface area contributed by atoms with Crippen LogP contribution in [-0.2, 0) is 9.53 Å². The van der Waals surface area contributed by atoms with E-state index in [1.165, 1.54) is 0 Å². The van der Waals surface area contributed by atoms with Gasteiger partial charge in [0.05, 0.1) is 11.6 Å². The highest BCUT2D eigenvalue weighted by molar-refractivity contribution is 5.81. The average molecular weight is 266 g/mol. The van der Waals surface area contributed by atoms with Gasteiger partial charge in [-0.15, -0.1) is 0 Å². The zero-order valence-electron chi connectivity index (χ0n) is 11.9. The summed E-state index contributed by atoms with van der Waals surface area (Å²) in [7, 11) is 0. The van der Waals surface area contributed by atoms with Crippen molar-refractivity contribution in [3.8, 4) is 0 Å². The summed E-state index contributed by atoms with van der Waals surface area (Å²) >= 11 is 0. The number of piperidine rings is 1. The van der Waals surface area contributed by atoms with E-state index in [9.17, 15) is 9.59 Å². The van der Waals surface area contributed by atoms with Gasteiger partial charge in [0.15, 0.2) is 0 Å². The molecule has 3 aliphatic rings. The molecular formula is C14H22N2O3. The van der Waals surface area contributed by atoms with E-state index < -0.39 is 5.60 Å². The molecule has 106 valence electrons. The smallest absolute Gasteiger partial charge is 0.410 e. The fourth-order valence-electron chi connectivity index (χ4n) is 3.98. The molecule has 1 spiro atoms. The molecule has 3 fully saturated rings. The molecule has 3 atom stereocenters. The molecule has 1 N–H and O–H groups in total. The summed E-state index contributed by atoms with van der Waals surface area (Å²) < 4.78 is 5.48. The lowest BCUT2D eigenvalue weighted by Gasteiger charge is -2.33. The van der Waals surface area contributed by atoms with Crippen LogP contribution in [-0.4, -0.2) is 40.6 Å². The monoisotopic (exact) mass is 266 g/mol. The molecule has 5 nitrogen and oxygen atoms in total. The first-order valence-corrected chi connectivity index (χ1v) is 7.12. The summed E-state index contributed by atoms with van der Waals surface area (Å²) in [6, 6.07) is 0.124. The molecule has 3 rings (SSSR count). The first-order chi connectivity index (χ1) is 8.82. The Bertz CT molecular complexity index is 429. The second-order valence-corrected chi connectivity index (χ2v) is 7.01. The number of carbonyl (C=O) groups excluding carboxylic acids is 2. The molecule has 0 radical (unpaired) electrons. The number of rotatable bonds is 0. The van der Waals surface area contributed by atoms with Gasteiger partial charge in [-0.25, -0.2) is 4.79 Å². The Morgan fingerprint density at radius 2 is 2.16 bits per heavy atom. The highest BCUT2D eigenvalue weighted by atomic mass is 16.6. The molecule has 0 aromatic rings. The van der Waals surface area contributed by atoms with Gasteiger partial charge in [-0.05, 0) is 40.0 Å². The number of amides is 2. The molecule has 2 bridgehead atoms. The Kier molecular flexibility index (Phi) is 2.60. The van der Waals surface area contributed by atoms with Gasteiger partial charge >= 0.3 is 6.09 Å². The van der Waals surface area contributed by atoms with E-state index in [0.29, 0.717) is 12.3 Å². The van der Waals surface area contributed by atoms with E-state index in [0.717, 1.165) is 25.8 Å². The van der Waals surface area contributed by atoms with E-state index >= 15 is 0 Å². The molecule has 2 saturated heterocycles. The van der Waals surface area contributed by atoms with Crippen molar-refractivity contribution in [3.05, 3.63) is 0 Å². The first-order valence-electron chi connectivity index (χ1n) is 7.12. The lowest BCUT2D eigenvalue weighted by Crippen LogP contribution is -2.52. The van der Waals surface area contributed by atoms with E-state index in [-0.39, 0.29) is 23.6 Å². The van der Waals surface area contributed by atoms with Crippen molar-refractivity contribution in [2.24, 2.45) is 5.92 Å². The predicted molar refractivity (Wildman–Crippen MR) is 69.6 cm³/mol. The maximum atomic E-state index is 12.3. The van der Waals surface area contributed by atoms with Crippen LogP contribution in [0.15, 0.2) is 0 Å². The molecule has 2 amide bonds. The van der Waals surface area contributed by atoms with Crippen molar-refractivity contribution in [1.82, 2.24) is 10.2 Å². The van der Waals surface area contributed by atoms with Gasteiger partial charge in [0.25, 0.3) is 0 Å². The third-order valence-corrected chi connectivity index (χ3v) is 4.67. The predicted octanol–water partition coefficient (Wildman–Crippen LogP) is 1.66.